The first-order valence-corrected chi connectivity index (χ1v) is 7.26. The Hall–Kier alpha value is -1.55. The maximum atomic E-state index is 11.3. The summed E-state index contributed by atoms with van der Waals surface area (Å²) in [6.45, 7) is -0.136. The Labute approximate surface area is 117 Å². The highest BCUT2D eigenvalue weighted by Crippen LogP contribution is 2.76. The molecule has 1 aromatic rings. The number of fused-ring (bicyclic) bond motifs is 1. The zero-order valence-corrected chi connectivity index (χ0v) is 11.3. The van der Waals surface area contributed by atoms with E-state index in [9.17, 15) is 24.9 Å². The number of hydrogen-bond acceptors (Lipinski definition) is 9. The lowest BCUT2D eigenvalue weighted by atomic mass is 10.1. The van der Waals surface area contributed by atoms with E-state index >= 15 is 0 Å². The van der Waals surface area contributed by atoms with Crippen molar-refractivity contribution in [1.82, 2.24) is 0 Å². The summed E-state index contributed by atoms with van der Waals surface area (Å²) in [5.74, 6) is -4.43. The fourth-order valence-electron chi connectivity index (χ4n) is 1.91. The van der Waals surface area contributed by atoms with Gasteiger partial charge in [0.1, 0.15) is 5.75 Å². The van der Waals surface area contributed by atoms with E-state index < -0.39 is 24.5 Å². The number of phosphoric acid groups is 1. The van der Waals surface area contributed by atoms with Crippen LogP contribution in [0.5, 0.6) is 5.75 Å². The van der Waals surface area contributed by atoms with E-state index in [0.717, 1.165) is 0 Å². The largest absolute Gasteiger partial charge is 0.493 e. The third-order valence-corrected chi connectivity index (χ3v) is 4.45. The second-order valence-electron chi connectivity index (χ2n) is 4.44. The van der Waals surface area contributed by atoms with E-state index in [2.05, 4.69) is 13.6 Å². The monoisotopic (exact) mass is 319 g/mol. The van der Waals surface area contributed by atoms with Crippen molar-refractivity contribution in [2.75, 3.05) is 6.61 Å². The maximum absolute atomic E-state index is 11.3. The number of nitro groups is 1. The lowest BCUT2D eigenvalue weighted by molar-refractivity contribution is -0.395. The van der Waals surface area contributed by atoms with Gasteiger partial charge in [-0.25, -0.2) is 18.1 Å². The minimum Gasteiger partial charge on any atom is -0.493 e. The molecule has 0 aliphatic carbocycles. The SMILES string of the molecule is O=[N+]([O-])c1ccc(OCCC2(O)OP3(=O)OC2(O)O3)cc1. The third kappa shape index (κ3) is 2.31. The first-order chi connectivity index (χ1) is 9.75. The molecule has 1 aromatic carbocycles. The summed E-state index contributed by atoms with van der Waals surface area (Å²) in [5, 5.41) is 30.1. The average Bonchev–Trinajstić information content (AvgIpc) is 2.68. The van der Waals surface area contributed by atoms with E-state index in [-0.39, 0.29) is 18.7 Å². The number of non-ortho nitro benzene ring substituents is 1. The molecule has 3 fully saturated rings. The van der Waals surface area contributed by atoms with Gasteiger partial charge in [0.05, 0.1) is 11.5 Å². The fraction of sp³-hybridized carbons (Fsp3) is 0.400. The Kier molecular flexibility index (Phi) is 3.06. The molecule has 4 rings (SSSR count). The average molecular weight is 319 g/mol. The summed E-state index contributed by atoms with van der Waals surface area (Å²) in [7, 11) is -3.85. The molecule has 3 heterocycles. The van der Waals surface area contributed by atoms with Gasteiger partial charge in [0.15, 0.2) is 0 Å². The minimum absolute atomic E-state index is 0.0878. The van der Waals surface area contributed by atoms with Gasteiger partial charge in [-0.05, 0) is 12.1 Å². The highest BCUT2D eigenvalue weighted by Gasteiger charge is 2.79. The number of ether oxygens (including phenoxy) is 1. The lowest BCUT2D eigenvalue weighted by Crippen LogP contribution is -2.54. The quantitative estimate of drug-likeness (QED) is 0.460. The van der Waals surface area contributed by atoms with Crippen LogP contribution in [-0.2, 0) is 18.1 Å². The standard InChI is InChI=1S/C10H10NO9P/c12-9(10(13)19-21(16,18-9)20-10)5-6-17-8-3-1-7(2-4-8)11(14)15/h1-4,12-13H,5-6H2. The van der Waals surface area contributed by atoms with Gasteiger partial charge in [-0.3, -0.25) is 10.1 Å². The van der Waals surface area contributed by atoms with Gasteiger partial charge >= 0.3 is 13.8 Å². The van der Waals surface area contributed by atoms with E-state index in [0.29, 0.717) is 5.75 Å². The molecule has 0 aromatic heterocycles. The van der Waals surface area contributed by atoms with Crippen LogP contribution in [0.1, 0.15) is 6.42 Å². The molecule has 1 atom stereocenters. The first-order valence-electron chi connectivity index (χ1n) is 5.80. The second-order valence-corrected chi connectivity index (χ2v) is 5.88. The third-order valence-electron chi connectivity index (χ3n) is 2.98. The molecule has 21 heavy (non-hydrogen) atoms. The number of nitro benzene ring substituents is 1. The normalized spacial score (nSPS) is 37.0. The molecule has 3 aliphatic rings. The summed E-state index contributed by atoms with van der Waals surface area (Å²) >= 11 is 0. The van der Waals surface area contributed by atoms with Gasteiger partial charge < -0.3 is 14.9 Å². The predicted molar refractivity (Wildman–Crippen MR) is 64.0 cm³/mol. The van der Waals surface area contributed by atoms with Crippen molar-refractivity contribution in [1.29, 1.82) is 0 Å². The van der Waals surface area contributed by atoms with Gasteiger partial charge in [-0.2, -0.15) is 0 Å². The van der Waals surface area contributed by atoms with Crippen molar-refractivity contribution in [2.24, 2.45) is 0 Å². The Morgan fingerprint density at radius 2 is 1.86 bits per heavy atom. The van der Waals surface area contributed by atoms with E-state index in [4.69, 9.17) is 4.74 Å². The van der Waals surface area contributed by atoms with Crippen LogP contribution in [0.25, 0.3) is 0 Å². The molecule has 3 saturated heterocycles. The summed E-state index contributed by atoms with van der Waals surface area (Å²) in [5.41, 5.74) is -0.0878. The summed E-state index contributed by atoms with van der Waals surface area (Å²) in [4.78, 5) is 9.93. The van der Waals surface area contributed by atoms with E-state index in [1.165, 1.54) is 24.3 Å². The van der Waals surface area contributed by atoms with Crippen molar-refractivity contribution in [3.05, 3.63) is 34.4 Å². The van der Waals surface area contributed by atoms with Crippen LogP contribution in [0.15, 0.2) is 24.3 Å². The summed E-state index contributed by atoms with van der Waals surface area (Å²) in [6.07, 6.45) is -0.287. The molecule has 0 saturated carbocycles. The zero-order valence-electron chi connectivity index (χ0n) is 10.4. The van der Waals surface area contributed by atoms with Crippen LogP contribution in [0.2, 0.25) is 0 Å². The van der Waals surface area contributed by atoms with E-state index in [1.54, 1.807) is 0 Å². The topological polar surface area (TPSA) is 138 Å². The van der Waals surface area contributed by atoms with Gasteiger partial charge in [-0.15, -0.1) is 0 Å². The number of aliphatic hydroxyl groups is 2. The molecule has 11 heteroatoms. The molecule has 10 nitrogen and oxygen atoms in total. The Bertz CT molecular complexity index is 622. The molecular weight excluding hydrogens is 309 g/mol. The molecular formula is C10H10NO9P. The van der Waals surface area contributed by atoms with Crippen LogP contribution in [0.3, 0.4) is 0 Å². The Balaban J connectivity index is 1.57. The van der Waals surface area contributed by atoms with Crippen LogP contribution in [0.4, 0.5) is 5.69 Å². The first kappa shape index (κ1) is 14.4. The van der Waals surface area contributed by atoms with Crippen molar-refractivity contribution in [3.63, 3.8) is 0 Å². The van der Waals surface area contributed by atoms with E-state index in [1.807, 2.05) is 0 Å². The predicted octanol–water partition coefficient (Wildman–Crippen LogP) is 0.883. The maximum Gasteiger partial charge on any atom is 0.486 e. The molecule has 3 aliphatic heterocycles. The summed E-state index contributed by atoms with van der Waals surface area (Å²) in [6, 6.07) is 5.26. The number of benzene rings is 1. The minimum atomic E-state index is -3.85. The van der Waals surface area contributed by atoms with Crippen molar-refractivity contribution in [3.8, 4) is 5.75 Å². The van der Waals surface area contributed by atoms with Crippen LogP contribution in [0, 0.1) is 10.1 Å². The highest BCUT2D eigenvalue weighted by molar-refractivity contribution is 7.50. The number of hydrogen-bond donors (Lipinski definition) is 2. The van der Waals surface area contributed by atoms with Gasteiger partial charge in [0.2, 0.25) is 0 Å². The van der Waals surface area contributed by atoms with Gasteiger partial charge in [-0.1, -0.05) is 0 Å². The van der Waals surface area contributed by atoms with Crippen molar-refractivity contribution < 1.29 is 38.0 Å². The van der Waals surface area contributed by atoms with Crippen molar-refractivity contribution in [2.45, 2.75) is 18.2 Å². The van der Waals surface area contributed by atoms with Gasteiger partial charge in [0, 0.05) is 18.6 Å². The number of phosphoric ester groups is 1. The second kappa shape index (κ2) is 4.47. The molecule has 2 bridgehead atoms. The number of rotatable bonds is 5. The Morgan fingerprint density at radius 3 is 2.33 bits per heavy atom. The summed E-state index contributed by atoms with van der Waals surface area (Å²) < 4.78 is 30.2. The van der Waals surface area contributed by atoms with Crippen LogP contribution in [-0.4, -0.2) is 33.5 Å². The molecule has 2 N–H and O–H groups in total. The molecule has 0 amide bonds. The number of nitrogens with zero attached hydrogens (tertiary/aromatic N) is 1. The van der Waals surface area contributed by atoms with Crippen molar-refractivity contribution >= 4 is 13.5 Å². The lowest BCUT2D eigenvalue weighted by Gasteiger charge is -2.32. The highest BCUT2D eigenvalue weighted by atomic mass is 31.2. The Morgan fingerprint density at radius 1 is 1.24 bits per heavy atom. The fourth-order valence-corrected chi connectivity index (χ4v) is 3.46. The smallest absolute Gasteiger partial charge is 0.486 e. The van der Waals surface area contributed by atoms with Crippen LogP contribution >= 0.6 is 7.82 Å². The molecule has 0 radical (unpaired) electrons. The molecule has 1 unspecified atom stereocenters. The molecule has 114 valence electrons. The van der Waals surface area contributed by atoms with Gasteiger partial charge in [0.25, 0.3) is 11.5 Å². The zero-order chi connectivity index (χ0) is 15.3. The van der Waals surface area contributed by atoms with Crippen LogP contribution < -0.4 is 4.74 Å². The molecule has 0 spiro atoms.